The molecule has 1 aromatic rings. The van der Waals surface area contributed by atoms with Crippen molar-refractivity contribution in [3.8, 4) is 6.57 Å². The smallest absolute Gasteiger partial charge is 0.253 e. The van der Waals surface area contributed by atoms with Gasteiger partial charge in [0.05, 0.1) is 0 Å². The van der Waals surface area contributed by atoms with Crippen LogP contribution in [0, 0.1) is 12.0 Å². The summed E-state index contributed by atoms with van der Waals surface area (Å²) in [6.07, 6.45) is 13.7. The first kappa shape index (κ1) is 14.0. The SMILES string of the molecule is C#[N+]/C=C\N=C(CC1(C)C=CC=CC1)c1ccccc1. The van der Waals surface area contributed by atoms with Crippen molar-refractivity contribution in [2.45, 2.75) is 19.8 Å². The highest BCUT2D eigenvalue weighted by Gasteiger charge is 2.23. The molecule has 0 N–H and O–H groups in total. The summed E-state index contributed by atoms with van der Waals surface area (Å²) < 4.78 is 0. The maximum Gasteiger partial charge on any atom is 0.323 e. The maximum absolute atomic E-state index is 5.11. The quantitative estimate of drug-likeness (QED) is 0.693. The summed E-state index contributed by atoms with van der Waals surface area (Å²) in [7, 11) is 0. The Morgan fingerprint density at radius 3 is 2.80 bits per heavy atom. The number of benzene rings is 1. The fourth-order valence-electron chi connectivity index (χ4n) is 2.30. The van der Waals surface area contributed by atoms with Gasteiger partial charge < -0.3 is 0 Å². The number of rotatable bonds is 4. The first-order valence-electron chi connectivity index (χ1n) is 6.75. The van der Waals surface area contributed by atoms with Gasteiger partial charge in [0.2, 0.25) is 0 Å². The van der Waals surface area contributed by atoms with E-state index in [4.69, 9.17) is 6.57 Å². The average Bonchev–Trinajstić information content (AvgIpc) is 2.48. The lowest BCUT2D eigenvalue weighted by molar-refractivity contribution is 0.450. The van der Waals surface area contributed by atoms with E-state index in [9.17, 15) is 0 Å². The maximum atomic E-state index is 5.11. The van der Waals surface area contributed by atoms with E-state index >= 15 is 0 Å². The highest BCUT2D eigenvalue weighted by atomic mass is 14.7. The molecule has 0 heterocycles. The predicted molar refractivity (Wildman–Crippen MR) is 86.0 cm³/mol. The first-order chi connectivity index (χ1) is 9.73. The van der Waals surface area contributed by atoms with Gasteiger partial charge in [-0.15, -0.1) is 0 Å². The Labute approximate surface area is 120 Å². The highest BCUT2D eigenvalue weighted by Crippen LogP contribution is 2.32. The minimum atomic E-state index is 0.108. The lowest BCUT2D eigenvalue weighted by Crippen LogP contribution is -2.19. The van der Waals surface area contributed by atoms with E-state index in [1.54, 1.807) is 6.20 Å². The van der Waals surface area contributed by atoms with Crippen LogP contribution in [-0.4, -0.2) is 5.71 Å². The Balaban J connectivity index is 2.26. The molecule has 100 valence electrons. The summed E-state index contributed by atoms with van der Waals surface area (Å²) in [5.74, 6) is 0. The molecule has 2 heteroatoms. The van der Waals surface area contributed by atoms with Crippen LogP contribution in [0.25, 0.3) is 4.85 Å². The van der Waals surface area contributed by atoms with Gasteiger partial charge in [-0.2, -0.15) is 0 Å². The molecule has 0 aromatic heterocycles. The molecular weight excluding hydrogens is 244 g/mol. The lowest BCUT2D eigenvalue weighted by Gasteiger charge is -2.27. The molecule has 1 aliphatic carbocycles. The van der Waals surface area contributed by atoms with Gasteiger partial charge in [0, 0.05) is 5.71 Å². The van der Waals surface area contributed by atoms with Crippen LogP contribution < -0.4 is 0 Å². The van der Waals surface area contributed by atoms with Crippen LogP contribution in [0.5, 0.6) is 0 Å². The molecule has 0 saturated heterocycles. The molecule has 1 aromatic carbocycles. The van der Waals surface area contributed by atoms with E-state index in [0.29, 0.717) is 0 Å². The van der Waals surface area contributed by atoms with E-state index < -0.39 is 0 Å². The molecule has 0 saturated carbocycles. The van der Waals surface area contributed by atoms with Gasteiger partial charge in [-0.1, -0.05) is 61.6 Å². The van der Waals surface area contributed by atoms with E-state index in [1.807, 2.05) is 18.2 Å². The molecule has 0 spiro atoms. The zero-order chi connectivity index (χ0) is 14.3. The van der Waals surface area contributed by atoms with Crippen molar-refractivity contribution >= 4 is 5.71 Å². The molecule has 0 radical (unpaired) electrons. The van der Waals surface area contributed by atoms with Crippen LogP contribution in [-0.2, 0) is 0 Å². The highest BCUT2D eigenvalue weighted by molar-refractivity contribution is 6.01. The van der Waals surface area contributed by atoms with Crippen LogP contribution in [0.15, 0.2) is 72.0 Å². The van der Waals surface area contributed by atoms with Gasteiger partial charge in [0.25, 0.3) is 6.57 Å². The number of hydrogen-bond acceptors (Lipinski definition) is 1. The average molecular weight is 263 g/mol. The van der Waals surface area contributed by atoms with Crippen molar-refractivity contribution in [1.29, 1.82) is 0 Å². The standard InChI is InChI=1S/C18H19N2/c1-18(11-7-4-8-12-18)15-17(20-14-13-19-2)16-9-5-3-6-10-16/h2-11,13-14H,12,15H2,1H3/q+1/b14-13-,20-17?. The monoisotopic (exact) mass is 263 g/mol. The van der Waals surface area contributed by atoms with E-state index in [-0.39, 0.29) is 5.41 Å². The summed E-state index contributed by atoms with van der Waals surface area (Å²) in [6.45, 7) is 7.36. The number of allylic oxidation sites excluding steroid dienone is 4. The van der Waals surface area contributed by atoms with Gasteiger partial charge in [-0.05, 0) is 28.7 Å². The molecule has 1 aliphatic rings. The van der Waals surface area contributed by atoms with Crippen molar-refractivity contribution in [1.82, 2.24) is 0 Å². The number of nitrogens with zero attached hydrogens (tertiary/aromatic N) is 2. The zero-order valence-electron chi connectivity index (χ0n) is 11.7. The second-order valence-electron chi connectivity index (χ2n) is 5.21. The third kappa shape index (κ3) is 3.80. The Morgan fingerprint density at radius 2 is 2.15 bits per heavy atom. The Morgan fingerprint density at radius 1 is 1.35 bits per heavy atom. The summed E-state index contributed by atoms with van der Waals surface area (Å²) >= 11 is 0. The molecule has 2 rings (SSSR count). The second kappa shape index (κ2) is 6.68. The van der Waals surface area contributed by atoms with Crippen LogP contribution in [0.2, 0.25) is 0 Å². The molecule has 0 amide bonds. The summed E-state index contributed by atoms with van der Waals surface area (Å²) in [6, 6.07) is 10.2. The molecule has 20 heavy (non-hydrogen) atoms. The molecule has 1 atom stereocenters. The molecule has 2 nitrogen and oxygen atoms in total. The van der Waals surface area contributed by atoms with E-state index in [2.05, 4.69) is 53.2 Å². The van der Waals surface area contributed by atoms with Crippen molar-refractivity contribution in [3.05, 3.63) is 77.4 Å². The van der Waals surface area contributed by atoms with Crippen molar-refractivity contribution in [2.24, 2.45) is 10.4 Å². The van der Waals surface area contributed by atoms with E-state index in [0.717, 1.165) is 24.1 Å². The molecule has 0 aliphatic heterocycles. The Bertz CT molecular complexity index is 600. The van der Waals surface area contributed by atoms with E-state index in [1.165, 1.54) is 6.20 Å². The molecular formula is C18H19N2+. The van der Waals surface area contributed by atoms with Gasteiger partial charge in [-0.25, -0.2) is 0 Å². The minimum Gasteiger partial charge on any atom is -0.253 e. The van der Waals surface area contributed by atoms with Gasteiger partial charge in [0.1, 0.15) is 6.20 Å². The Hall–Kier alpha value is -2.40. The van der Waals surface area contributed by atoms with Crippen LogP contribution in [0.3, 0.4) is 0 Å². The molecule has 1 unspecified atom stereocenters. The van der Waals surface area contributed by atoms with Crippen molar-refractivity contribution < 1.29 is 0 Å². The van der Waals surface area contributed by atoms with Gasteiger partial charge >= 0.3 is 6.20 Å². The predicted octanol–water partition coefficient (Wildman–Crippen LogP) is 4.82. The Kier molecular flexibility index (Phi) is 4.68. The topological polar surface area (TPSA) is 16.7 Å². The fraction of sp³-hybridized carbons (Fsp3) is 0.222. The van der Waals surface area contributed by atoms with Crippen LogP contribution in [0.1, 0.15) is 25.3 Å². The van der Waals surface area contributed by atoms with Crippen molar-refractivity contribution in [3.63, 3.8) is 0 Å². The minimum absolute atomic E-state index is 0.108. The molecule has 0 fully saturated rings. The molecule has 0 bridgehead atoms. The number of hydrogen-bond donors (Lipinski definition) is 0. The zero-order valence-corrected chi connectivity index (χ0v) is 11.7. The number of aliphatic imine (C=N–C) groups is 1. The second-order valence-corrected chi connectivity index (χ2v) is 5.21. The first-order valence-corrected chi connectivity index (χ1v) is 6.75. The normalized spacial score (nSPS) is 22.1. The lowest BCUT2D eigenvalue weighted by atomic mass is 9.78. The summed E-state index contributed by atoms with van der Waals surface area (Å²) in [5, 5.41) is 0. The van der Waals surface area contributed by atoms with Crippen LogP contribution in [0.4, 0.5) is 0 Å². The largest absolute Gasteiger partial charge is 0.323 e. The fourth-order valence-corrected chi connectivity index (χ4v) is 2.30. The third-order valence-electron chi connectivity index (χ3n) is 3.39. The van der Waals surface area contributed by atoms with Gasteiger partial charge in [0.15, 0.2) is 0 Å². The summed E-state index contributed by atoms with van der Waals surface area (Å²) in [4.78, 5) is 7.98. The van der Waals surface area contributed by atoms with Crippen LogP contribution >= 0.6 is 0 Å². The third-order valence-corrected chi connectivity index (χ3v) is 3.39. The summed E-state index contributed by atoms with van der Waals surface area (Å²) in [5.41, 5.74) is 2.29. The van der Waals surface area contributed by atoms with Gasteiger partial charge in [-0.3, -0.25) is 4.99 Å². The van der Waals surface area contributed by atoms with Crippen molar-refractivity contribution in [2.75, 3.05) is 0 Å².